The van der Waals surface area contributed by atoms with Crippen LogP contribution in [0.2, 0.25) is 0 Å². The van der Waals surface area contributed by atoms with Gasteiger partial charge in [0.25, 0.3) is 0 Å². The van der Waals surface area contributed by atoms with Crippen molar-refractivity contribution in [3.05, 3.63) is 107 Å². The lowest BCUT2D eigenvalue weighted by atomic mass is 9.77. The van der Waals surface area contributed by atoms with E-state index in [2.05, 4.69) is 0 Å². The van der Waals surface area contributed by atoms with Gasteiger partial charge in [0.15, 0.2) is 11.6 Å². The highest BCUT2D eigenvalue weighted by atomic mass is 16.1. The van der Waals surface area contributed by atoms with Crippen LogP contribution in [-0.2, 0) is 5.41 Å². The number of benzene rings is 3. The third-order valence-corrected chi connectivity index (χ3v) is 6.38. The van der Waals surface area contributed by atoms with Crippen molar-refractivity contribution < 1.29 is 9.59 Å². The Balaban J connectivity index is 1.83. The second-order valence-corrected chi connectivity index (χ2v) is 7.41. The van der Waals surface area contributed by atoms with Crippen molar-refractivity contribution in [2.75, 3.05) is 0 Å². The first-order chi connectivity index (χ1) is 12.6. The molecule has 1 fully saturated rings. The monoisotopic (exact) mass is 338 g/mol. The van der Waals surface area contributed by atoms with Gasteiger partial charge in [0.1, 0.15) is 0 Å². The number of Topliss-reactive ketones (excluding diaryl/α,β-unsaturated/α-hetero) is 2. The fraction of sp³-hybridized carbons (Fsp3) is 0.167. The minimum absolute atomic E-state index is 0.0745. The Morgan fingerprint density at radius 2 is 1.12 bits per heavy atom. The van der Waals surface area contributed by atoms with E-state index in [-0.39, 0.29) is 17.5 Å². The molecule has 2 atom stereocenters. The van der Waals surface area contributed by atoms with Gasteiger partial charge in [-0.3, -0.25) is 9.59 Å². The molecule has 3 aromatic carbocycles. The molecule has 0 N–H and O–H groups in total. The predicted molar refractivity (Wildman–Crippen MR) is 100 cm³/mol. The summed E-state index contributed by atoms with van der Waals surface area (Å²) in [4.78, 5) is 27.0. The van der Waals surface area contributed by atoms with Crippen molar-refractivity contribution in [2.24, 2.45) is 11.3 Å². The molecule has 2 heteroatoms. The lowest BCUT2D eigenvalue weighted by Crippen LogP contribution is -2.28. The summed E-state index contributed by atoms with van der Waals surface area (Å²) < 4.78 is 0. The van der Waals surface area contributed by atoms with Gasteiger partial charge in [-0.15, -0.1) is 0 Å². The van der Waals surface area contributed by atoms with Crippen LogP contribution in [0.5, 0.6) is 0 Å². The summed E-state index contributed by atoms with van der Waals surface area (Å²) in [5.74, 6) is -0.206. The van der Waals surface area contributed by atoms with Gasteiger partial charge < -0.3 is 0 Å². The van der Waals surface area contributed by atoms with Crippen molar-refractivity contribution in [3.8, 4) is 0 Å². The average Bonchev–Trinajstić information content (AvgIpc) is 3.30. The Bertz CT molecular complexity index is 997. The molecule has 0 aliphatic heterocycles. The van der Waals surface area contributed by atoms with Gasteiger partial charge >= 0.3 is 0 Å². The molecule has 26 heavy (non-hydrogen) atoms. The maximum Gasteiger partial charge on any atom is 0.171 e. The van der Waals surface area contributed by atoms with Crippen LogP contribution in [0.1, 0.15) is 38.8 Å². The van der Waals surface area contributed by atoms with Gasteiger partial charge in [-0.05, 0) is 11.1 Å². The first kappa shape index (κ1) is 15.3. The third-order valence-electron chi connectivity index (χ3n) is 6.38. The van der Waals surface area contributed by atoms with Crippen molar-refractivity contribution in [3.63, 3.8) is 0 Å². The Morgan fingerprint density at radius 3 is 1.65 bits per heavy atom. The van der Waals surface area contributed by atoms with E-state index >= 15 is 0 Å². The molecule has 5 rings (SSSR count). The van der Waals surface area contributed by atoms with Crippen LogP contribution >= 0.6 is 0 Å². The smallest absolute Gasteiger partial charge is 0.171 e. The summed E-state index contributed by atoms with van der Waals surface area (Å²) in [7, 11) is 0. The van der Waals surface area contributed by atoms with Gasteiger partial charge in [-0.25, -0.2) is 0 Å². The molecule has 2 aliphatic rings. The number of ketones is 2. The molecule has 0 spiro atoms. The van der Waals surface area contributed by atoms with E-state index in [9.17, 15) is 9.59 Å². The Morgan fingerprint density at radius 1 is 0.654 bits per heavy atom. The van der Waals surface area contributed by atoms with E-state index < -0.39 is 10.8 Å². The zero-order chi connectivity index (χ0) is 17.9. The summed E-state index contributed by atoms with van der Waals surface area (Å²) >= 11 is 0. The number of hydrogen-bond donors (Lipinski definition) is 0. The standard InChI is InChI=1S/C24H18O2/c1-23-21(20(25)18-14-8-9-15-19(18)22(23)26)24(23,16-10-4-2-5-11-16)17-12-6-3-7-13-17/h2-15,21H,1H3. The second kappa shape index (κ2) is 5.01. The van der Waals surface area contributed by atoms with Crippen molar-refractivity contribution in [1.82, 2.24) is 0 Å². The molecule has 2 aliphatic carbocycles. The van der Waals surface area contributed by atoms with Crippen LogP contribution in [0.3, 0.4) is 0 Å². The molecule has 1 saturated carbocycles. The maximum absolute atomic E-state index is 13.5. The SMILES string of the molecule is CC12C(=O)c3ccccc3C(=O)C1C2(c1ccccc1)c1ccccc1. The second-order valence-electron chi connectivity index (χ2n) is 7.41. The summed E-state index contributed by atoms with van der Waals surface area (Å²) in [6.45, 7) is 1.97. The molecular formula is C24H18O2. The summed E-state index contributed by atoms with van der Waals surface area (Å²) in [6, 6.07) is 27.3. The number of fused-ring (bicyclic) bond motifs is 2. The fourth-order valence-electron chi connectivity index (χ4n) is 5.22. The van der Waals surface area contributed by atoms with Crippen LogP contribution < -0.4 is 0 Å². The highest BCUT2D eigenvalue weighted by Crippen LogP contribution is 2.75. The minimum atomic E-state index is -0.749. The van der Waals surface area contributed by atoms with Gasteiger partial charge in [-0.1, -0.05) is 91.9 Å². The van der Waals surface area contributed by atoms with E-state index in [1.807, 2.05) is 79.7 Å². The molecule has 2 unspecified atom stereocenters. The first-order valence-electron chi connectivity index (χ1n) is 8.92. The van der Waals surface area contributed by atoms with E-state index in [0.29, 0.717) is 11.1 Å². The van der Waals surface area contributed by atoms with Gasteiger partial charge in [0.2, 0.25) is 0 Å². The molecule has 0 radical (unpaired) electrons. The van der Waals surface area contributed by atoms with Crippen molar-refractivity contribution in [1.29, 1.82) is 0 Å². The van der Waals surface area contributed by atoms with Crippen LogP contribution in [-0.4, -0.2) is 11.6 Å². The van der Waals surface area contributed by atoms with E-state index in [1.165, 1.54) is 0 Å². The topological polar surface area (TPSA) is 34.1 Å². The van der Waals surface area contributed by atoms with Crippen molar-refractivity contribution >= 4 is 11.6 Å². The van der Waals surface area contributed by atoms with Gasteiger partial charge in [-0.2, -0.15) is 0 Å². The Hall–Kier alpha value is -3.00. The molecule has 2 nitrogen and oxygen atoms in total. The van der Waals surface area contributed by atoms with Crippen LogP contribution in [0.15, 0.2) is 84.9 Å². The zero-order valence-electron chi connectivity index (χ0n) is 14.5. The van der Waals surface area contributed by atoms with Gasteiger partial charge in [0, 0.05) is 16.5 Å². The fourth-order valence-corrected chi connectivity index (χ4v) is 5.22. The Kier molecular flexibility index (Phi) is 2.94. The molecule has 3 aromatic rings. The molecule has 0 saturated heterocycles. The lowest BCUT2D eigenvalue weighted by Gasteiger charge is -2.23. The highest BCUT2D eigenvalue weighted by molar-refractivity contribution is 6.23. The van der Waals surface area contributed by atoms with Crippen LogP contribution in [0, 0.1) is 11.3 Å². The first-order valence-corrected chi connectivity index (χ1v) is 8.92. The molecule has 0 heterocycles. The average molecular weight is 338 g/mol. The minimum Gasteiger partial charge on any atom is -0.294 e. The molecule has 126 valence electrons. The van der Waals surface area contributed by atoms with Gasteiger partial charge in [0.05, 0.1) is 11.3 Å². The molecule has 0 bridgehead atoms. The molecule has 0 aromatic heterocycles. The van der Waals surface area contributed by atoms with Crippen LogP contribution in [0.4, 0.5) is 0 Å². The zero-order valence-corrected chi connectivity index (χ0v) is 14.5. The Labute approximate surface area is 152 Å². The maximum atomic E-state index is 13.5. The summed E-state index contributed by atoms with van der Waals surface area (Å²) in [6.07, 6.45) is 0. The molecule has 0 amide bonds. The highest BCUT2D eigenvalue weighted by Gasteiger charge is 2.82. The number of carbonyl (C=O) groups is 2. The number of hydrogen-bond acceptors (Lipinski definition) is 2. The summed E-state index contributed by atoms with van der Waals surface area (Å²) in [5, 5.41) is 0. The van der Waals surface area contributed by atoms with E-state index in [0.717, 1.165) is 11.1 Å². The number of carbonyl (C=O) groups excluding carboxylic acids is 2. The lowest BCUT2D eigenvalue weighted by molar-refractivity contribution is 0.0822. The predicted octanol–water partition coefficient (Wildman–Crippen LogP) is 4.69. The van der Waals surface area contributed by atoms with Crippen molar-refractivity contribution in [2.45, 2.75) is 12.3 Å². The molecular weight excluding hydrogens is 320 g/mol. The van der Waals surface area contributed by atoms with E-state index in [4.69, 9.17) is 0 Å². The largest absolute Gasteiger partial charge is 0.294 e. The van der Waals surface area contributed by atoms with E-state index in [1.54, 1.807) is 12.1 Å². The quantitative estimate of drug-likeness (QED) is 0.679. The third kappa shape index (κ3) is 1.58. The number of rotatable bonds is 2. The summed E-state index contributed by atoms with van der Waals surface area (Å²) in [5.41, 5.74) is 1.84. The normalized spacial score (nSPS) is 25.3. The van der Waals surface area contributed by atoms with Crippen LogP contribution in [0.25, 0.3) is 0 Å².